The molecule has 0 aliphatic heterocycles. The standard InChI is InChI=1S/C31H36N8O5/c1-4-43-27(40)14-16-39(26-7-5-6-15-34-26)30(41)21-10-13-23-24(17-21)37-25(36-23)18-35-22-11-8-20(9-12-22)29(33)38-44-31(42)28(32)19(2)3/h5-13,15,17,19,28,35H,4,14,16,18,32H2,1-3H3,(H2,33,38)(H,36,37). The maximum Gasteiger partial charge on any atom is 0.351 e. The summed E-state index contributed by atoms with van der Waals surface area (Å²) >= 11 is 0. The third kappa shape index (κ3) is 8.16. The highest BCUT2D eigenvalue weighted by Gasteiger charge is 2.21. The van der Waals surface area contributed by atoms with Gasteiger partial charge in [-0.25, -0.2) is 14.8 Å². The Morgan fingerprint density at radius 1 is 1.07 bits per heavy atom. The van der Waals surface area contributed by atoms with E-state index in [0.717, 1.165) is 5.69 Å². The van der Waals surface area contributed by atoms with Gasteiger partial charge in [-0.3, -0.25) is 14.5 Å². The monoisotopic (exact) mass is 600 g/mol. The topological polar surface area (TPSA) is 191 Å². The van der Waals surface area contributed by atoms with Crippen LogP contribution in [0.15, 0.2) is 72.0 Å². The van der Waals surface area contributed by atoms with Gasteiger partial charge in [-0.2, -0.15) is 0 Å². The van der Waals surface area contributed by atoms with Crippen LogP contribution in [0, 0.1) is 5.92 Å². The number of amides is 1. The largest absolute Gasteiger partial charge is 0.466 e. The molecule has 0 radical (unpaired) electrons. The summed E-state index contributed by atoms with van der Waals surface area (Å²) in [6.07, 6.45) is 1.63. The van der Waals surface area contributed by atoms with Crippen molar-refractivity contribution in [3.8, 4) is 0 Å². The highest BCUT2D eigenvalue weighted by atomic mass is 16.7. The average molecular weight is 601 g/mol. The number of pyridine rings is 1. The Bertz CT molecular complexity index is 1620. The summed E-state index contributed by atoms with van der Waals surface area (Å²) in [5, 5.41) is 6.97. The van der Waals surface area contributed by atoms with E-state index in [-0.39, 0.29) is 43.2 Å². The molecule has 0 aliphatic rings. The highest BCUT2D eigenvalue weighted by molar-refractivity contribution is 6.07. The Labute approximate surface area is 254 Å². The molecule has 13 heteroatoms. The van der Waals surface area contributed by atoms with Crippen LogP contribution in [-0.4, -0.2) is 57.8 Å². The summed E-state index contributed by atoms with van der Waals surface area (Å²) in [7, 11) is 0. The number of aromatic nitrogens is 3. The maximum atomic E-state index is 13.5. The number of benzene rings is 2. The minimum atomic E-state index is -0.785. The van der Waals surface area contributed by atoms with Crippen LogP contribution in [0.4, 0.5) is 11.5 Å². The Morgan fingerprint density at radius 3 is 2.50 bits per heavy atom. The van der Waals surface area contributed by atoms with Crippen molar-refractivity contribution in [2.45, 2.75) is 39.8 Å². The maximum absolute atomic E-state index is 13.5. The number of oxime groups is 1. The van der Waals surface area contributed by atoms with E-state index in [1.165, 1.54) is 4.90 Å². The molecule has 2 aromatic carbocycles. The third-order valence-electron chi connectivity index (χ3n) is 6.66. The van der Waals surface area contributed by atoms with Crippen LogP contribution >= 0.6 is 0 Å². The molecule has 13 nitrogen and oxygen atoms in total. The van der Waals surface area contributed by atoms with Gasteiger partial charge in [0.15, 0.2) is 5.84 Å². The molecular weight excluding hydrogens is 564 g/mol. The number of hydrogen-bond acceptors (Lipinski definition) is 10. The van der Waals surface area contributed by atoms with E-state index in [4.69, 9.17) is 21.0 Å². The number of ether oxygens (including phenoxy) is 1. The van der Waals surface area contributed by atoms with Gasteiger partial charge in [0.25, 0.3) is 5.91 Å². The fourth-order valence-electron chi connectivity index (χ4n) is 4.13. The number of nitrogens with two attached hydrogens (primary N) is 2. The van der Waals surface area contributed by atoms with Crippen molar-refractivity contribution in [1.82, 2.24) is 15.0 Å². The molecule has 2 heterocycles. The number of carbonyl (C=O) groups excluding carboxylic acids is 3. The van der Waals surface area contributed by atoms with Gasteiger partial charge in [0.05, 0.1) is 30.6 Å². The summed E-state index contributed by atoms with van der Waals surface area (Å²) in [5.41, 5.74) is 14.9. The van der Waals surface area contributed by atoms with Crippen molar-refractivity contribution in [3.63, 3.8) is 0 Å². The second kappa shape index (κ2) is 14.7. The average Bonchev–Trinajstić information content (AvgIpc) is 3.45. The van der Waals surface area contributed by atoms with Gasteiger partial charge < -0.3 is 31.3 Å². The van der Waals surface area contributed by atoms with E-state index in [1.54, 1.807) is 73.8 Å². The lowest BCUT2D eigenvalue weighted by atomic mass is 10.1. The number of H-pyrrole nitrogens is 1. The van der Waals surface area contributed by atoms with Crippen molar-refractivity contribution in [2.24, 2.45) is 22.5 Å². The number of imidazole rings is 1. The van der Waals surface area contributed by atoms with E-state index in [1.807, 2.05) is 13.8 Å². The Balaban J connectivity index is 1.41. The lowest BCUT2D eigenvalue weighted by Gasteiger charge is -2.21. The van der Waals surface area contributed by atoms with E-state index >= 15 is 0 Å². The zero-order valence-corrected chi connectivity index (χ0v) is 24.8. The van der Waals surface area contributed by atoms with Crippen molar-refractivity contribution < 1.29 is 24.0 Å². The molecule has 1 unspecified atom stereocenters. The van der Waals surface area contributed by atoms with Gasteiger partial charge in [0.1, 0.15) is 17.7 Å². The van der Waals surface area contributed by atoms with E-state index in [0.29, 0.717) is 40.3 Å². The number of fused-ring (bicyclic) bond motifs is 1. The van der Waals surface area contributed by atoms with Gasteiger partial charge in [0, 0.05) is 29.6 Å². The number of carbonyl (C=O) groups is 3. The first-order chi connectivity index (χ1) is 21.2. The van der Waals surface area contributed by atoms with Crippen molar-refractivity contribution in [3.05, 3.63) is 83.8 Å². The lowest BCUT2D eigenvalue weighted by Crippen LogP contribution is -2.36. The minimum Gasteiger partial charge on any atom is -0.466 e. The van der Waals surface area contributed by atoms with Crippen LogP contribution in [0.2, 0.25) is 0 Å². The summed E-state index contributed by atoms with van der Waals surface area (Å²) in [6, 6.07) is 16.8. The number of anilines is 2. The zero-order chi connectivity index (χ0) is 31.6. The smallest absolute Gasteiger partial charge is 0.351 e. The van der Waals surface area contributed by atoms with E-state index in [2.05, 4.69) is 25.4 Å². The molecule has 0 saturated carbocycles. The summed E-state index contributed by atoms with van der Waals surface area (Å²) < 4.78 is 5.03. The molecule has 1 amide bonds. The van der Waals surface area contributed by atoms with Crippen molar-refractivity contribution in [1.29, 1.82) is 0 Å². The number of aromatic amines is 1. The molecule has 0 fully saturated rings. The molecule has 0 aliphatic carbocycles. The van der Waals surface area contributed by atoms with Crippen LogP contribution in [0.1, 0.15) is 48.9 Å². The third-order valence-corrected chi connectivity index (χ3v) is 6.66. The molecule has 44 heavy (non-hydrogen) atoms. The highest BCUT2D eigenvalue weighted by Crippen LogP contribution is 2.20. The molecule has 2 aromatic heterocycles. The van der Waals surface area contributed by atoms with Gasteiger partial charge in [0.2, 0.25) is 0 Å². The minimum absolute atomic E-state index is 0.0408. The number of hydrogen-bond donors (Lipinski definition) is 4. The van der Waals surface area contributed by atoms with Crippen LogP contribution in [0.3, 0.4) is 0 Å². The number of nitrogens with one attached hydrogen (secondary N) is 2. The van der Waals surface area contributed by atoms with Gasteiger partial charge >= 0.3 is 11.9 Å². The molecule has 0 spiro atoms. The molecular formula is C31H36N8O5. The predicted octanol–water partition coefficient (Wildman–Crippen LogP) is 3.32. The quantitative estimate of drug-likeness (QED) is 0.0582. The van der Waals surface area contributed by atoms with Crippen LogP contribution in [0.25, 0.3) is 11.0 Å². The molecule has 0 bridgehead atoms. The van der Waals surface area contributed by atoms with Crippen LogP contribution in [0.5, 0.6) is 0 Å². The Morgan fingerprint density at radius 2 is 1.82 bits per heavy atom. The molecule has 1 atom stereocenters. The van der Waals surface area contributed by atoms with Gasteiger partial charge in [-0.05, 0) is 67.4 Å². The fraction of sp³-hybridized carbons (Fsp3) is 0.290. The lowest BCUT2D eigenvalue weighted by molar-refractivity contribution is -0.146. The van der Waals surface area contributed by atoms with Crippen LogP contribution < -0.4 is 21.7 Å². The number of rotatable bonds is 13. The zero-order valence-electron chi connectivity index (χ0n) is 24.8. The van der Waals surface area contributed by atoms with Crippen LogP contribution in [-0.2, 0) is 25.7 Å². The Hall–Kier alpha value is -5.30. The summed E-state index contributed by atoms with van der Waals surface area (Å²) in [4.78, 5) is 55.9. The molecule has 0 saturated heterocycles. The number of nitrogens with zero attached hydrogens (tertiary/aromatic N) is 4. The molecule has 4 rings (SSSR count). The van der Waals surface area contributed by atoms with Crippen molar-refractivity contribution >= 4 is 46.2 Å². The first-order valence-electron chi connectivity index (χ1n) is 14.2. The van der Waals surface area contributed by atoms with E-state index in [9.17, 15) is 14.4 Å². The normalized spacial score (nSPS) is 12.2. The van der Waals surface area contributed by atoms with Gasteiger partial charge in [-0.15, -0.1) is 0 Å². The van der Waals surface area contributed by atoms with E-state index < -0.39 is 12.0 Å². The predicted molar refractivity (Wildman–Crippen MR) is 167 cm³/mol. The second-order valence-corrected chi connectivity index (χ2v) is 10.2. The number of esters is 1. The molecule has 6 N–H and O–H groups in total. The fourth-order valence-corrected chi connectivity index (χ4v) is 4.13. The molecule has 4 aromatic rings. The first kappa shape index (κ1) is 31.6. The molecule has 230 valence electrons. The number of amidine groups is 1. The SMILES string of the molecule is CCOC(=O)CCN(C(=O)c1ccc2nc(CNc3ccc(/C(N)=N/OC(=O)C(N)C(C)C)cc3)[nH]c2c1)c1ccccn1. The second-order valence-electron chi connectivity index (χ2n) is 10.2. The summed E-state index contributed by atoms with van der Waals surface area (Å²) in [5.74, 6) is -0.281. The summed E-state index contributed by atoms with van der Waals surface area (Å²) in [6.45, 7) is 6.13. The first-order valence-corrected chi connectivity index (χ1v) is 14.2. The Kier molecular flexibility index (Phi) is 10.6. The van der Waals surface area contributed by atoms with Gasteiger partial charge in [-0.1, -0.05) is 25.1 Å². The van der Waals surface area contributed by atoms with Crippen molar-refractivity contribution in [2.75, 3.05) is 23.4 Å².